The predicted molar refractivity (Wildman–Crippen MR) is 94.3 cm³/mol. The molecule has 0 radical (unpaired) electrons. The van der Waals surface area contributed by atoms with Crippen molar-refractivity contribution < 1.29 is 14.3 Å². The third kappa shape index (κ3) is 3.64. The van der Waals surface area contributed by atoms with Crippen LogP contribution >= 0.6 is 11.3 Å². The summed E-state index contributed by atoms with van der Waals surface area (Å²) in [5.74, 6) is 0.769. The second kappa shape index (κ2) is 7.66. The zero-order chi connectivity index (χ0) is 17.1. The molecule has 2 aliphatic rings. The number of fused-ring (bicyclic) bond motifs is 1. The first-order valence-corrected chi connectivity index (χ1v) is 9.56. The van der Waals surface area contributed by atoms with Gasteiger partial charge in [-0.1, -0.05) is 0 Å². The summed E-state index contributed by atoms with van der Waals surface area (Å²) in [6.45, 7) is 4.75. The van der Waals surface area contributed by atoms with E-state index in [1.165, 1.54) is 4.88 Å². The van der Waals surface area contributed by atoms with Crippen molar-refractivity contribution in [3.8, 4) is 0 Å². The molecule has 2 fully saturated rings. The fourth-order valence-corrected chi connectivity index (χ4v) is 4.76. The third-order valence-electron chi connectivity index (χ3n) is 5.15. The minimum Gasteiger partial charge on any atom is -0.383 e. The van der Waals surface area contributed by atoms with Crippen LogP contribution in [0.2, 0.25) is 0 Å². The molecule has 2 saturated heterocycles. The van der Waals surface area contributed by atoms with Gasteiger partial charge in [-0.15, -0.1) is 11.3 Å². The van der Waals surface area contributed by atoms with Gasteiger partial charge in [0.05, 0.1) is 11.5 Å². The van der Waals surface area contributed by atoms with Crippen LogP contribution in [0, 0.1) is 12.8 Å². The number of hydrogen-bond donors (Lipinski definition) is 0. The summed E-state index contributed by atoms with van der Waals surface area (Å²) in [6, 6.07) is 4.18. The van der Waals surface area contributed by atoms with Gasteiger partial charge in [-0.25, -0.2) is 0 Å². The van der Waals surface area contributed by atoms with Gasteiger partial charge in [0.25, 0.3) is 5.91 Å². The number of methoxy groups -OCH3 is 1. The Kier molecular flexibility index (Phi) is 5.56. The monoisotopic (exact) mass is 350 g/mol. The van der Waals surface area contributed by atoms with Crippen LogP contribution in [0.3, 0.4) is 0 Å². The number of carbonyl (C=O) groups is 2. The summed E-state index contributed by atoms with van der Waals surface area (Å²) in [5, 5.41) is 0. The number of amides is 2. The summed E-state index contributed by atoms with van der Waals surface area (Å²) in [4.78, 5) is 31.1. The van der Waals surface area contributed by atoms with Gasteiger partial charge in [0.1, 0.15) is 0 Å². The van der Waals surface area contributed by atoms with E-state index in [4.69, 9.17) is 4.74 Å². The van der Waals surface area contributed by atoms with Crippen LogP contribution in [0.4, 0.5) is 0 Å². The third-order valence-corrected chi connectivity index (χ3v) is 6.14. The Morgan fingerprint density at radius 1 is 1.38 bits per heavy atom. The van der Waals surface area contributed by atoms with E-state index >= 15 is 0 Å². The van der Waals surface area contributed by atoms with Gasteiger partial charge >= 0.3 is 0 Å². The number of carbonyl (C=O) groups excluding carboxylic acids is 2. The van der Waals surface area contributed by atoms with Crippen molar-refractivity contribution in [1.29, 1.82) is 0 Å². The van der Waals surface area contributed by atoms with E-state index in [2.05, 4.69) is 0 Å². The number of ether oxygens (including phenoxy) is 1. The number of hydrogen-bond acceptors (Lipinski definition) is 4. The van der Waals surface area contributed by atoms with Crippen LogP contribution in [-0.4, -0.2) is 61.0 Å². The number of aryl methyl sites for hydroxylation is 1. The standard InChI is InChI=1S/C18H26N2O3S/c1-13-6-7-16(24-13)18(22)19-9-8-15-14(12-19)4-3-5-17(21)20(15)10-11-23-2/h6-7,14-15H,3-5,8-12H2,1-2H3/t14-,15+/m0/s1. The molecule has 0 aromatic carbocycles. The first-order chi connectivity index (χ1) is 11.6. The minimum atomic E-state index is 0.144. The normalized spacial score (nSPS) is 24.7. The molecule has 0 unspecified atom stereocenters. The van der Waals surface area contributed by atoms with Crippen molar-refractivity contribution >= 4 is 23.2 Å². The van der Waals surface area contributed by atoms with Crippen LogP contribution in [-0.2, 0) is 9.53 Å². The summed E-state index contributed by atoms with van der Waals surface area (Å²) < 4.78 is 5.18. The molecule has 0 saturated carbocycles. The number of piperidine rings is 1. The minimum absolute atomic E-state index is 0.144. The smallest absolute Gasteiger partial charge is 0.263 e. The molecular formula is C18H26N2O3S. The number of thiophene rings is 1. The Bertz CT molecular complexity index is 601. The Hall–Kier alpha value is -1.40. The lowest BCUT2D eigenvalue weighted by molar-refractivity contribution is -0.135. The molecule has 1 aromatic heterocycles. The number of rotatable bonds is 4. The molecule has 6 heteroatoms. The molecule has 2 aliphatic heterocycles. The lowest BCUT2D eigenvalue weighted by Gasteiger charge is -2.42. The molecule has 5 nitrogen and oxygen atoms in total. The molecule has 3 rings (SSSR count). The average Bonchev–Trinajstić information content (AvgIpc) is 2.95. The SMILES string of the molecule is COCCN1C(=O)CCC[C@H]2CN(C(=O)c3ccc(C)s3)CC[C@H]21. The second-order valence-corrected chi connectivity index (χ2v) is 8.04. The van der Waals surface area contributed by atoms with Crippen molar-refractivity contribution in [1.82, 2.24) is 9.80 Å². The van der Waals surface area contributed by atoms with Crippen molar-refractivity contribution in [2.24, 2.45) is 5.92 Å². The Balaban J connectivity index is 1.70. The lowest BCUT2D eigenvalue weighted by atomic mass is 9.88. The lowest BCUT2D eigenvalue weighted by Crippen LogP contribution is -2.53. The Morgan fingerprint density at radius 2 is 2.21 bits per heavy atom. The molecule has 24 heavy (non-hydrogen) atoms. The number of likely N-dealkylation sites (tertiary alicyclic amines) is 2. The van der Waals surface area contributed by atoms with Gasteiger partial charge in [-0.3, -0.25) is 9.59 Å². The van der Waals surface area contributed by atoms with E-state index in [0.717, 1.165) is 37.2 Å². The predicted octanol–water partition coefficient (Wildman–Crippen LogP) is 2.55. The van der Waals surface area contributed by atoms with E-state index in [1.807, 2.05) is 28.9 Å². The van der Waals surface area contributed by atoms with Crippen molar-refractivity contribution in [2.45, 2.75) is 38.6 Å². The maximum Gasteiger partial charge on any atom is 0.263 e. The molecule has 2 atom stereocenters. The maximum atomic E-state index is 12.7. The van der Waals surface area contributed by atoms with Crippen molar-refractivity contribution in [3.63, 3.8) is 0 Å². The van der Waals surface area contributed by atoms with E-state index in [-0.39, 0.29) is 17.9 Å². The molecule has 132 valence electrons. The van der Waals surface area contributed by atoms with Crippen LogP contribution in [0.5, 0.6) is 0 Å². The van der Waals surface area contributed by atoms with E-state index in [9.17, 15) is 9.59 Å². The van der Waals surface area contributed by atoms with Crippen molar-refractivity contribution in [2.75, 3.05) is 33.4 Å². The summed E-state index contributed by atoms with van der Waals surface area (Å²) in [7, 11) is 1.67. The average molecular weight is 350 g/mol. The highest BCUT2D eigenvalue weighted by Crippen LogP contribution is 2.31. The van der Waals surface area contributed by atoms with Crippen LogP contribution in [0.1, 0.15) is 40.2 Å². The molecular weight excluding hydrogens is 324 g/mol. The van der Waals surface area contributed by atoms with Gasteiger partial charge in [0, 0.05) is 44.1 Å². The fraction of sp³-hybridized carbons (Fsp3) is 0.667. The quantitative estimate of drug-likeness (QED) is 0.838. The molecule has 0 N–H and O–H groups in total. The van der Waals surface area contributed by atoms with E-state index in [0.29, 0.717) is 25.5 Å². The van der Waals surface area contributed by atoms with Gasteiger partial charge in [0.15, 0.2) is 0 Å². The zero-order valence-corrected chi connectivity index (χ0v) is 15.3. The maximum absolute atomic E-state index is 12.7. The van der Waals surface area contributed by atoms with Gasteiger partial charge < -0.3 is 14.5 Å². The largest absolute Gasteiger partial charge is 0.383 e. The Labute approximate surface area is 147 Å². The molecule has 0 aliphatic carbocycles. The number of nitrogens with zero attached hydrogens (tertiary/aromatic N) is 2. The van der Waals surface area contributed by atoms with Gasteiger partial charge in [-0.2, -0.15) is 0 Å². The Morgan fingerprint density at radius 3 is 2.92 bits per heavy atom. The fourth-order valence-electron chi connectivity index (χ4n) is 3.93. The molecule has 1 aromatic rings. The molecule has 2 amide bonds. The summed E-state index contributed by atoms with van der Waals surface area (Å²) >= 11 is 1.56. The molecule has 0 bridgehead atoms. The van der Waals surface area contributed by atoms with Crippen LogP contribution in [0.25, 0.3) is 0 Å². The second-order valence-electron chi connectivity index (χ2n) is 6.75. The summed E-state index contributed by atoms with van der Waals surface area (Å²) in [6.07, 6.45) is 3.43. The van der Waals surface area contributed by atoms with E-state index < -0.39 is 0 Å². The highest BCUT2D eigenvalue weighted by atomic mass is 32.1. The first kappa shape index (κ1) is 17.4. The molecule has 3 heterocycles. The highest BCUT2D eigenvalue weighted by Gasteiger charge is 2.38. The first-order valence-electron chi connectivity index (χ1n) is 8.74. The molecule has 0 spiro atoms. The van der Waals surface area contributed by atoms with Crippen LogP contribution in [0.15, 0.2) is 12.1 Å². The highest BCUT2D eigenvalue weighted by molar-refractivity contribution is 7.13. The van der Waals surface area contributed by atoms with E-state index in [1.54, 1.807) is 18.4 Å². The van der Waals surface area contributed by atoms with Gasteiger partial charge in [-0.05, 0) is 44.2 Å². The van der Waals surface area contributed by atoms with Crippen LogP contribution < -0.4 is 0 Å². The van der Waals surface area contributed by atoms with Crippen molar-refractivity contribution in [3.05, 3.63) is 21.9 Å². The van der Waals surface area contributed by atoms with Gasteiger partial charge in [0.2, 0.25) is 5.91 Å². The summed E-state index contributed by atoms with van der Waals surface area (Å²) in [5.41, 5.74) is 0. The zero-order valence-electron chi connectivity index (χ0n) is 14.5. The topological polar surface area (TPSA) is 49.9 Å².